The molecule has 4 atom stereocenters. The van der Waals surface area contributed by atoms with Crippen molar-refractivity contribution in [1.82, 2.24) is 9.55 Å². The van der Waals surface area contributed by atoms with Gasteiger partial charge in [0.25, 0.3) is 5.56 Å². The van der Waals surface area contributed by atoms with E-state index >= 15 is 0 Å². The van der Waals surface area contributed by atoms with Crippen LogP contribution in [0.25, 0.3) is 0 Å². The molecule has 31 heavy (non-hydrogen) atoms. The minimum Gasteiger partial charge on any atom is -0.394 e. The highest BCUT2D eigenvalue weighted by molar-refractivity contribution is 8.04. The first-order chi connectivity index (χ1) is 14.9. The van der Waals surface area contributed by atoms with Gasteiger partial charge in [0.15, 0.2) is 6.23 Å². The maximum absolute atomic E-state index is 12.5. The molecule has 1 saturated heterocycles. The Balaban J connectivity index is 1.72. The molecule has 6 nitrogen and oxygen atoms in total. The number of ether oxygens (including phenoxy) is 1. The minimum atomic E-state index is -0.629. The second-order valence-electron chi connectivity index (χ2n) is 7.56. The number of benzene rings is 2. The molecule has 0 spiro atoms. The summed E-state index contributed by atoms with van der Waals surface area (Å²) in [6.07, 6.45) is 0.371. The Kier molecular flexibility index (Phi) is 6.71. The number of aryl methyl sites for hydroxylation is 2. The summed E-state index contributed by atoms with van der Waals surface area (Å²) in [7, 11) is 0. The van der Waals surface area contributed by atoms with Gasteiger partial charge in [-0.1, -0.05) is 35.4 Å². The highest BCUT2D eigenvalue weighted by Crippen LogP contribution is 2.47. The van der Waals surface area contributed by atoms with Crippen molar-refractivity contribution in [2.45, 2.75) is 46.5 Å². The van der Waals surface area contributed by atoms with Crippen LogP contribution in [0.4, 0.5) is 0 Å². The van der Waals surface area contributed by atoms with E-state index in [9.17, 15) is 14.7 Å². The monoisotopic (exact) mass is 456 g/mol. The van der Waals surface area contributed by atoms with Crippen molar-refractivity contribution in [2.75, 3.05) is 6.61 Å². The molecule has 0 amide bonds. The summed E-state index contributed by atoms with van der Waals surface area (Å²) < 4.78 is 7.59. The number of aromatic nitrogens is 2. The number of rotatable bonds is 6. The molecule has 1 aromatic heterocycles. The second kappa shape index (κ2) is 9.48. The van der Waals surface area contributed by atoms with E-state index in [0.29, 0.717) is 0 Å². The molecule has 2 N–H and O–H groups in total. The average Bonchev–Trinajstić information content (AvgIpc) is 3.08. The fourth-order valence-corrected chi connectivity index (χ4v) is 6.26. The van der Waals surface area contributed by atoms with E-state index in [1.807, 2.05) is 38.1 Å². The van der Waals surface area contributed by atoms with Crippen LogP contribution in [0.2, 0.25) is 0 Å². The largest absolute Gasteiger partial charge is 0.394 e. The van der Waals surface area contributed by atoms with Gasteiger partial charge in [-0.15, -0.1) is 23.5 Å². The fourth-order valence-electron chi connectivity index (χ4n) is 3.52. The number of H-pyrrole nitrogens is 1. The smallest absolute Gasteiger partial charge is 0.330 e. The van der Waals surface area contributed by atoms with Crippen molar-refractivity contribution in [3.63, 3.8) is 0 Å². The summed E-state index contributed by atoms with van der Waals surface area (Å²) in [5.74, 6) is 0. The zero-order chi connectivity index (χ0) is 22.0. The van der Waals surface area contributed by atoms with E-state index in [2.05, 4.69) is 29.2 Å². The van der Waals surface area contributed by atoms with Crippen LogP contribution >= 0.6 is 23.5 Å². The molecule has 2 unspecified atom stereocenters. The molecule has 1 aliphatic rings. The van der Waals surface area contributed by atoms with Crippen molar-refractivity contribution in [3.8, 4) is 0 Å². The lowest BCUT2D eigenvalue weighted by atomic mass is 10.2. The van der Waals surface area contributed by atoms with Crippen LogP contribution in [-0.2, 0) is 4.74 Å². The molecule has 0 radical (unpaired) electrons. The van der Waals surface area contributed by atoms with Gasteiger partial charge in [-0.3, -0.25) is 14.3 Å². The van der Waals surface area contributed by atoms with Crippen molar-refractivity contribution in [1.29, 1.82) is 0 Å². The first-order valence-electron chi connectivity index (χ1n) is 9.99. The number of aliphatic hydroxyl groups is 1. The second-order valence-corrected chi connectivity index (χ2v) is 10.1. The number of aliphatic hydroxyl groups excluding tert-OH is 1. The number of nitrogens with zero attached hydrogens (tertiary/aromatic N) is 1. The third-order valence-corrected chi connectivity index (χ3v) is 8.11. The molecule has 0 aliphatic carbocycles. The van der Waals surface area contributed by atoms with Crippen LogP contribution in [0.5, 0.6) is 0 Å². The quantitative estimate of drug-likeness (QED) is 0.592. The fraction of sp³-hybridized carbons (Fsp3) is 0.304. The zero-order valence-electron chi connectivity index (χ0n) is 17.2. The van der Waals surface area contributed by atoms with E-state index in [0.717, 1.165) is 9.79 Å². The number of nitrogens with one attached hydrogen (secondary N) is 1. The lowest BCUT2D eigenvalue weighted by Gasteiger charge is -2.24. The van der Waals surface area contributed by atoms with Crippen molar-refractivity contribution in [2.24, 2.45) is 0 Å². The summed E-state index contributed by atoms with van der Waals surface area (Å²) in [6.45, 7) is 3.91. The van der Waals surface area contributed by atoms with Crippen LogP contribution in [0, 0.1) is 13.8 Å². The highest BCUT2D eigenvalue weighted by Gasteiger charge is 2.46. The van der Waals surface area contributed by atoms with Gasteiger partial charge < -0.3 is 9.84 Å². The van der Waals surface area contributed by atoms with E-state index in [1.54, 1.807) is 23.5 Å². The number of aromatic amines is 1. The van der Waals surface area contributed by atoms with Crippen LogP contribution < -0.4 is 11.2 Å². The summed E-state index contributed by atoms with van der Waals surface area (Å²) in [6, 6.07) is 17.7. The predicted molar refractivity (Wildman–Crippen MR) is 124 cm³/mol. The Morgan fingerprint density at radius 1 is 0.903 bits per heavy atom. The van der Waals surface area contributed by atoms with Gasteiger partial charge in [0, 0.05) is 22.1 Å². The Morgan fingerprint density at radius 3 is 1.97 bits per heavy atom. The zero-order valence-corrected chi connectivity index (χ0v) is 18.9. The number of thioether (sulfide) groups is 2. The number of hydrogen-bond donors (Lipinski definition) is 2. The Bertz CT molecular complexity index is 1140. The Hall–Kier alpha value is -2.26. The van der Waals surface area contributed by atoms with Crippen LogP contribution in [0.1, 0.15) is 17.4 Å². The molecular weight excluding hydrogens is 432 g/mol. The lowest BCUT2D eigenvalue weighted by Crippen LogP contribution is -2.35. The minimum absolute atomic E-state index is 0.108. The van der Waals surface area contributed by atoms with Crippen LogP contribution in [-0.4, -0.2) is 37.9 Å². The van der Waals surface area contributed by atoms with Gasteiger partial charge in [0.1, 0.15) is 0 Å². The molecular formula is C23H24N2O4S2. The van der Waals surface area contributed by atoms with Gasteiger partial charge >= 0.3 is 5.69 Å². The molecule has 0 saturated carbocycles. The topological polar surface area (TPSA) is 84.3 Å². The molecule has 3 aromatic rings. The molecule has 2 aromatic carbocycles. The number of hydrogen-bond acceptors (Lipinski definition) is 6. The molecule has 1 fully saturated rings. The summed E-state index contributed by atoms with van der Waals surface area (Å²) >= 11 is 3.25. The van der Waals surface area contributed by atoms with Gasteiger partial charge in [0.2, 0.25) is 0 Å². The molecule has 2 heterocycles. The van der Waals surface area contributed by atoms with Gasteiger partial charge in [-0.05, 0) is 38.1 Å². The lowest BCUT2D eigenvalue weighted by molar-refractivity contribution is -0.0225. The van der Waals surface area contributed by atoms with Crippen LogP contribution in [0.15, 0.2) is 80.2 Å². The van der Waals surface area contributed by atoms with Crippen LogP contribution in [0.3, 0.4) is 0 Å². The van der Waals surface area contributed by atoms with Crippen molar-refractivity contribution < 1.29 is 9.84 Å². The standard InChI is InChI=1S/C23H24N2O4S2/c1-14-3-7-16(8-4-14)30-20-18(13-26)29-22(25-12-11-19(27)24-23(25)28)21(20)31-17-9-5-15(2)6-10-17/h3-12,18,20-22,26H,13H2,1-2H3,(H,24,27,28)/t18-,20?,21?,22-/m0/s1. The maximum atomic E-state index is 12.5. The van der Waals surface area contributed by atoms with E-state index in [-0.39, 0.29) is 17.1 Å². The van der Waals surface area contributed by atoms with Gasteiger partial charge in [-0.2, -0.15) is 0 Å². The van der Waals surface area contributed by atoms with Crippen molar-refractivity contribution in [3.05, 3.63) is 92.8 Å². The van der Waals surface area contributed by atoms with Gasteiger partial charge in [-0.25, -0.2) is 4.79 Å². The molecule has 0 bridgehead atoms. The third-order valence-electron chi connectivity index (χ3n) is 5.18. The summed E-state index contributed by atoms with van der Waals surface area (Å²) in [5, 5.41) is 9.78. The third kappa shape index (κ3) is 4.98. The van der Waals surface area contributed by atoms with Gasteiger partial charge in [0.05, 0.1) is 23.2 Å². The molecule has 1 aliphatic heterocycles. The summed E-state index contributed by atoms with van der Waals surface area (Å²) in [4.78, 5) is 28.5. The molecule has 8 heteroatoms. The Labute approximate surface area is 188 Å². The first-order valence-corrected chi connectivity index (χ1v) is 11.7. The van der Waals surface area contributed by atoms with E-state index < -0.39 is 23.6 Å². The molecule has 162 valence electrons. The normalized spacial score (nSPS) is 23.2. The maximum Gasteiger partial charge on any atom is 0.330 e. The predicted octanol–water partition coefficient (Wildman–Crippen LogP) is 3.36. The highest BCUT2D eigenvalue weighted by atomic mass is 32.2. The van der Waals surface area contributed by atoms with Crippen molar-refractivity contribution >= 4 is 23.5 Å². The van der Waals surface area contributed by atoms with E-state index in [1.165, 1.54) is 28.0 Å². The molecule has 4 rings (SSSR count). The Morgan fingerprint density at radius 2 is 1.45 bits per heavy atom. The SMILES string of the molecule is Cc1ccc(SC2C(Sc3ccc(C)cc3)[C@@H](n3ccc(=O)[nH]c3=O)O[C@H]2CO)cc1. The summed E-state index contributed by atoms with van der Waals surface area (Å²) in [5.41, 5.74) is 1.36. The average molecular weight is 457 g/mol. The van der Waals surface area contributed by atoms with E-state index in [4.69, 9.17) is 4.74 Å². The first kappa shape index (κ1) is 22.0.